The van der Waals surface area contributed by atoms with Crippen LogP contribution in [0.15, 0.2) is 5.11 Å². The van der Waals surface area contributed by atoms with Crippen LogP contribution in [0.1, 0.15) is 0 Å². The van der Waals surface area contributed by atoms with Gasteiger partial charge in [0.2, 0.25) is 0 Å². The summed E-state index contributed by atoms with van der Waals surface area (Å²) in [6, 6.07) is -1.41. The minimum Gasteiger partial charge on any atom is -0.394 e. The first-order valence-corrected chi connectivity index (χ1v) is 7.48. The number of azide groups is 1. The highest BCUT2D eigenvalue weighted by Gasteiger charge is 2.49. The molecule has 2 fully saturated rings. The molecule has 25 heavy (non-hydrogen) atoms. The maximum Gasteiger partial charge on any atom is 0.189 e. The first-order chi connectivity index (χ1) is 11.8. The molecule has 0 aromatic carbocycles. The molecule has 0 aliphatic carbocycles. The Labute approximate surface area is 141 Å². The molecule has 0 aromatic rings. The molecule has 0 saturated carbocycles. The number of hydrogen-bond acceptors (Lipinski definition) is 11. The number of hydrogen-bond donors (Lipinski definition) is 7. The van der Waals surface area contributed by atoms with Crippen molar-refractivity contribution in [3.8, 4) is 0 Å². The third-order valence-corrected chi connectivity index (χ3v) is 4.15. The number of ether oxygens (including phenoxy) is 3. The van der Waals surface area contributed by atoms with Crippen LogP contribution in [-0.2, 0) is 14.2 Å². The second-order valence-electron chi connectivity index (χ2n) is 5.74. The predicted molar refractivity (Wildman–Crippen MR) is 75.5 cm³/mol. The zero-order chi connectivity index (χ0) is 18.7. The highest BCUT2D eigenvalue weighted by Crippen LogP contribution is 2.29. The fourth-order valence-electron chi connectivity index (χ4n) is 2.69. The van der Waals surface area contributed by atoms with Gasteiger partial charge in [0, 0.05) is 4.91 Å². The van der Waals surface area contributed by atoms with Crippen molar-refractivity contribution in [3.63, 3.8) is 0 Å². The van der Waals surface area contributed by atoms with E-state index in [1.54, 1.807) is 0 Å². The van der Waals surface area contributed by atoms with Crippen molar-refractivity contribution >= 4 is 0 Å². The van der Waals surface area contributed by atoms with Crippen LogP contribution in [0.25, 0.3) is 10.4 Å². The van der Waals surface area contributed by atoms with E-state index in [4.69, 9.17) is 24.8 Å². The summed E-state index contributed by atoms with van der Waals surface area (Å²) < 4.78 is 15.5. The van der Waals surface area contributed by atoms with Gasteiger partial charge in [-0.3, -0.25) is 0 Å². The Kier molecular flexibility index (Phi) is 6.90. The van der Waals surface area contributed by atoms with Crippen LogP contribution in [0.3, 0.4) is 0 Å². The van der Waals surface area contributed by atoms with Crippen LogP contribution in [-0.4, -0.2) is 110 Å². The molecular formula is C12H21N3O10. The van der Waals surface area contributed by atoms with Crippen molar-refractivity contribution in [3.05, 3.63) is 10.4 Å². The molecule has 2 saturated heterocycles. The lowest BCUT2D eigenvalue weighted by Gasteiger charge is -2.44. The molecule has 13 nitrogen and oxygen atoms in total. The van der Waals surface area contributed by atoms with Gasteiger partial charge < -0.3 is 50.0 Å². The van der Waals surface area contributed by atoms with Crippen molar-refractivity contribution in [2.75, 3.05) is 13.2 Å². The zero-order valence-corrected chi connectivity index (χ0v) is 12.9. The number of aliphatic hydroxyl groups excluding tert-OH is 7. The Morgan fingerprint density at radius 2 is 1.32 bits per heavy atom. The maximum absolute atomic E-state index is 10.1. The van der Waals surface area contributed by atoms with Gasteiger partial charge in [-0.1, -0.05) is 5.11 Å². The van der Waals surface area contributed by atoms with Gasteiger partial charge in [0.25, 0.3) is 0 Å². The smallest absolute Gasteiger partial charge is 0.189 e. The monoisotopic (exact) mass is 367 g/mol. The SMILES string of the molecule is [N-]=[N+]=N[C@@H]1[C@@H](O)[C@@H](OC2OC(CO)C(O)C(O)C2O)O[C@H](CO)[C@H]1O. The second kappa shape index (κ2) is 8.53. The van der Waals surface area contributed by atoms with E-state index < -0.39 is 74.6 Å². The van der Waals surface area contributed by atoms with E-state index in [-0.39, 0.29) is 0 Å². The second-order valence-corrected chi connectivity index (χ2v) is 5.74. The number of nitrogens with zero attached hydrogens (tertiary/aromatic N) is 3. The molecule has 7 N–H and O–H groups in total. The summed E-state index contributed by atoms with van der Waals surface area (Å²) >= 11 is 0. The van der Waals surface area contributed by atoms with Crippen LogP contribution < -0.4 is 0 Å². The van der Waals surface area contributed by atoms with Gasteiger partial charge in [-0.2, -0.15) is 0 Å². The lowest BCUT2D eigenvalue weighted by molar-refractivity contribution is -0.368. The van der Waals surface area contributed by atoms with E-state index in [1.165, 1.54) is 0 Å². The van der Waals surface area contributed by atoms with Crippen LogP contribution in [0, 0.1) is 0 Å². The van der Waals surface area contributed by atoms with E-state index in [0.717, 1.165) is 0 Å². The summed E-state index contributed by atoms with van der Waals surface area (Å²) in [7, 11) is 0. The highest BCUT2D eigenvalue weighted by atomic mass is 16.8. The first kappa shape index (κ1) is 20.2. The predicted octanol–water partition coefficient (Wildman–Crippen LogP) is -4.08. The molecule has 2 heterocycles. The quantitative estimate of drug-likeness (QED) is 0.141. The van der Waals surface area contributed by atoms with Crippen molar-refractivity contribution < 1.29 is 50.0 Å². The molecule has 0 radical (unpaired) electrons. The largest absolute Gasteiger partial charge is 0.394 e. The minimum atomic E-state index is -1.74. The van der Waals surface area contributed by atoms with Crippen LogP contribution in [0.5, 0.6) is 0 Å². The topological polar surface area (TPSA) is 218 Å². The van der Waals surface area contributed by atoms with E-state index in [9.17, 15) is 30.6 Å². The summed E-state index contributed by atoms with van der Waals surface area (Å²) in [4.78, 5) is 2.50. The first-order valence-electron chi connectivity index (χ1n) is 7.48. The van der Waals surface area contributed by atoms with Crippen LogP contribution in [0.4, 0.5) is 0 Å². The van der Waals surface area contributed by atoms with Crippen molar-refractivity contribution in [2.24, 2.45) is 5.11 Å². The summed E-state index contributed by atoms with van der Waals surface area (Å²) in [5, 5.41) is 71.0. The molecule has 144 valence electrons. The van der Waals surface area contributed by atoms with Crippen molar-refractivity contribution in [1.29, 1.82) is 0 Å². The molecule has 5 unspecified atom stereocenters. The standard InChI is InChI=1S/C12H21N3O10/c13-15-14-5-6(18)3(1-16)23-11(8(5)20)25-12-10(22)9(21)7(19)4(2-17)24-12/h3-12,16-22H,1-2H2/t3-,4?,5+,6-,7?,8-,9?,10?,11-,12?/m1/s1. The lowest BCUT2D eigenvalue weighted by atomic mass is 9.96. The van der Waals surface area contributed by atoms with Gasteiger partial charge in [0.05, 0.1) is 25.4 Å². The van der Waals surface area contributed by atoms with Gasteiger partial charge in [0.15, 0.2) is 12.6 Å². The number of aliphatic hydroxyl groups is 7. The fraction of sp³-hybridized carbons (Fsp3) is 1.00. The molecule has 10 atom stereocenters. The Bertz CT molecular complexity index is 490. The molecule has 0 bridgehead atoms. The number of rotatable bonds is 5. The minimum absolute atomic E-state index is 0.681. The molecule has 2 aliphatic rings. The Morgan fingerprint density at radius 3 is 1.84 bits per heavy atom. The van der Waals surface area contributed by atoms with Crippen LogP contribution in [0.2, 0.25) is 0 Å². The third kappa shape index (κ3) is 4.02. The average Bonchev–Trinajstić information content (AvgIpc) is 2.61. The highest BCUT2D eigenvalue weighted by molar-refractivity contribution is 4.95. The lowest BCUT2D eigenvalue weighted by Crippen LogP contribution is -2.63. The molecule has 0 spiro atoms. The molecule has 2 rings (SSSR count). The van der Waals surface area contributed by atoms with Crippen molar-refractivity contribution in [2.45, 2.75) is 61.3 Å². The summed E-state index contributed by atoms with van der Waals surface area (Å²) in [6.45, 7) is -1.36. The average molecular weight is 367 g/mol. The Morgan fingerprint density at radius 1 is 0.800 bits per heavy atom. The summed E-state index contributed by atoms with van der Waals surface area (Å²) in [5.41, 5.74) is 8.53. The molecule has 0 aromatic heterocycles. The van der Waals surface area contributed by atoms with Gasteiger partial charge in [-0.05, 0) is 5.53 Å². The van der Waals surface area contributed by atoms with Gasteiger partial charge in [-0.25, -0.2) is 0 Å². The normalized spacial score (nSPS) is 48.0. The van der Waals surface area contributed by atoms with E-state index >= 15 is 0 Å². The van der Waals surface area contributed by atoms with E-state index in [0.29, 0.717) is 0 Å². The van der Waals surface area contributed by atoms with Crippen LogP contribution >= 0.6 is 0 Å². The van der Waals surface area contributed by atoms with Gasteiger partial charge in [-0.15, -0.1) is 0 Å². The van der Waals surface area contributed by atoms with Crippen molar-refractivity contribution in [1.82, 2.24) is 0 Å². The van der Waals surface area contributed by atoms with E-state index in [1.807, 2.05) is 0 Å². The van der Waals surface area contributed by atoms with Gasteiger partial charge in [0.1, 0.15) is 36.6 Å². The maximum atomic E-state index is 10.1. The Hall–Kier alpha value is -1.09. The fourth-order valence-corrected chi connectivity index (χ4v) is 2.69. The summed E-state index contributed by atoms with van der Waals surface area (Å²) in [6.07, 6.45) is -13.9. The molecular weight excluding hydrogens is 346 g/mol. The molecule has 2 aliphatic heterocycles. The molecule has 0 amide bonds. The van der Waals surface area contributed by atoms with E-state index in [2.05, 4.69) is 10.0 Å². The third-order valence-electron chi connectivity index (χ3n) is 4.15. The summed E-state index contributed by atoms with van der Waals surface area (Å²) in [5.74, 6) is 0. The molecule has 13 heteroatoms. The zero-order valence-electron chi connectivity index (χ0n) is 12.9. The Balaban J connectivity index is 2.15. The van der Waals surface area contributed by atoms with Gasteiger partial charge >= 0.3 is 0 Å².